The summed E-state index contributed by atoms with van der Waals surface area (Å²) in [6.45, 7) is 2.71. The first-order valence-electron chi connectivity index (χ1n) is 6.88. The Balaban J connectivity index is 2.19. The molecular formula is C15H22N2O2. The number of nitrogens with two attached hydrogens (primary N) is 1. The SMILES string of the molecule is COC(=O)c1ccccc1N1CCCC(CCN)C1. The van der Waals surface area contributed by atoms with Gasteiger partial charge < -0.3 is 15.4 Å². The normalized spacial score (nSPS) is 19.3. The Morgan fingerprint density at radius 3 is 3.00 bits per heavy atom. The Morgan fingerprint density at radius 2 is 2.26 bits per heavy atom. The summed E-state index contributed by atoms with van der Waals surface area (Å²) < 4.78 is 4.86. The smallest absolute Gasteiger partial charge is 0.339 e. The molecule has 0 aromatic heterocycles. The number of ether oxygens (including phenoxy) is 1. The van der Waals surface area contributed by atoms with E-state index >= 15 is 0 Å². The van der Waals surface area contributed by atoms with E-state index in [1.807, 2.05) is 24.3 Å². The zero-order valence-electron chi connectivity index (χ0n) is 11.5. The number of rotatable bonds is 4. The van der Waals surface area contributed by atoms with Crippen LogP contribution in [0.5, 0.6) is 0 Å². The number of piperidine rings is 1. The summed E-state index contributed by atoms with van der Waals surface area (Å²) in [6, 6.07) is 7.66. The Bertz CT molecular complexity index is 432. The highest BCUT2D eigenvalue weighted by Crippen LogP contribution is 2.27. The topological polar surface area (TPSA) is 55.6 Å². The van der Waals surface area contributed by atoms with Gasteiger partial charge in [0.2, 0.25) is 0 Å². The van der Waals surface area contributed by atoms with Crippen molar-refractivity contribution in [1.82, 2.24) is 0 Å². The molecule has 2 N–H and O–H groups in total. The molecule has 104 valence electrons. The maximum absolute atomic E-state index is 11.8. The summed E-state index contributed by atoms with van der Waals surface area (Å²) in [6.07, 6.45) is 3.44. The van der Waals surface area contributed by atoms with Crippen molar-refractivity contribution < 1.29 is 9.53 Å². The molecule has 4 heteroatoms. The lowest BCUT2D eigenvalue weighted by atomic mass is 9.94. The molecule has 0 spiro atoms. The van der Waals surface area contributed by atoms with Crippen LogP contribution in [0.15, 0.2) is 24.3 Å². The van der Waals surface area contributed by atoms with Crippen LogP contribution in [0.1, 0.15) is 29.6 Å². The highest BCUT2D eigenvalue weighted by atomic mass is 16.5. The molecule has 4 nitrogen and oxygen atoms in total. The Hall–Kier alpha value is -1.55. The summed E-state index contributed by atoms with van der Waals surface area (Å²) in [5.41, 5.74) is 7.28. The van der Waals surface area contributed by atoms with E-state index in [-0.39, 0.29) is 5.97 Å². The second-order valence-electron chi connectivity index (χ2n) is 5.04. The Morgan fingerprint density at radius 1 is 1.47 bits per heavy atom. The minimum Gasteiger partial charge on any atom is -0.465 e. The van der Waals surface area contributed by atoms with Crippen LogP contribution in [0.4, 0.5) is 5.69 Å². The van der Waals surface area contributed by atoms with Crippen molar-refractivity contribution in [2.75, 3.05) is 31.6 Å². The summed E-state index contributed by atoms with van der Waals surface area (Å²) in [5, 5.41) is 0. The van der Waals surface area contributed by atoms with Crippen LogP contribution < -0.4 is 10.6 Å². The molecule has 1 atom stereocenters. The van der Waals surface area contributed by atoms with Crippen molar-refractivity contribution >= 4 is 11.7 Å². The van der Waals surface area contributed by atoms with E-state index in [1.165, 1.54) is 13.5 Å². The first-order valence-corrected chi connectivity index (χ1v) is 6.88. The zero-order chi connectivity index (χ0) is 13.7. The Labute approximate surface area is 114 Å². The van der Waals surface area contributed by atoms with Gasteiger partial charge in [0.1, 0.15) is 0 Å². The number of hydrogen-bond acceptors (Lipinski definition) is 4. The molecule has 1 heterocycles. The number of nitrogens with zero attached hydrogens (tertiary/aromatic N) is 1. The van der Waals surface area contributed by atoms with Gasteiger partial charge in [0.05, 0.1) is 18.4 Å². The molecule has 1 saturated heterocycles. The van der Waals surface area contributed by atoms with Gasteiger partial charge in [0.15, 0.2) is 0 Å². The maximum Gasteiger partial charge on any atom is 0.339 e. The number of anilines is 1. The van der Waals surface area contributed by atoms with Gasteiger partial charge in [-0.05, 0) is 43.9 Å². The van der Waals surface area contributed by atoms with E-state index in [4.69, 9.17) is 10.5 Å². The predicted octanol–water partition coefficient (Wildman–Crippen LogP) is 2.04. The summed E-state index contributed by atoms with van der Waals surface area (Å²) in [4.78, 5) is 14.1. The molecule has 2 rings (SSSR count). The number of hydrogen-bond donors (Lipinski definition) is 1. The van der Waals surface area contributed by atoms with Crippen LogP contribution >= 0.6 is 0 Å². The largest absolute Gasteiger partial charge is 0.465 e. The maximum atomic E-state index is 11.8. The summed E-state index contributed by atoms with van der Waals surface area (Å²) >= 11 is 0. The zero-order valence-corrected chi connectivity index (χ0v) is 11.5. The quantitative estimate of drug-likeness (QED) is 0.844. The molecule has 0 saturated carbocycles. The third-order valence-electron chi connectivity index (χ3n) is 3.74. The van der Waals surface area contributed by atoms with Gasteiger partial charge in [-0.15, -0.1) is 0 Å². The van der Waals surface area contributed by atoms with E-state index < -0.39 is 0 Å². The van der Waals surface area contributed by atoms with Crippen molar-refractivity contribution in [2.24, 2.45) is 11.7 Å². The highest BCUT2D eigenvalue weighted by Gasteiger charge is 2.23. The fourth-order valence-electron chi connectivity index (χ4n) is 2.79. The standard InChI is InChI=1S/C15H22N2O2/c1-19-15(18)13-6-2-3-7-14(13)17-10-4-5-12(11-17)8-9-16/h2-3,6-7,12H,4-5,8-11,16H2,1H3. The van der Waals surface area contributed by atoms with Gasteiger partial charge in [-0.1, -0.05) is 12.1 Å². The number of benzene rings is 1. The second-order valence-corrected chi connectivity index (χ2v) is 5.04. The Kier molecular flexibility index (Phi) is 4.80. The van der Waals surface area contributed by atoms with Crippen LogP contribution in [0.2, 0.25) is 0 Å². The molecule has 1 fully saturated rings. The van der Waals surface area contributed by atoms with Gasteiger partial charge in [-0.25, -0.2) is 4.79 Å². The molecular weight excluding hydrogens is 240 g/mol. The average molecular weight is 262 g/mol. The second kappa shape index (κ2) is 6.57. The molecule has 1 aromatic rings. The lowest BCUT2D eigenvalue weighted by Crippen LogP contribution is -2.37. The molecule has 1 unspecified atom stereocenters. The van der Waals surface area contributed by atoms with Gasteiger partial charge in [-0.3, -0.25) is 0 Å². The number of methoxy groups -OCH3 is 1. The average Bonchev–Trinajstić information content (AvgIpc) is 2.47. The van der Waals surface area contributed by atoms with E-state index in [9.17, 15) is 4.79 Å². The highest BCUT2D eigenvalue weighted by molar-refractivity contribution is 5.95. The number of carbonyl (C=O) groups excluding carboxylic acids is 1. The van der Waals surface area contributed by atoms with E-state index in [0.29, 0.717) is 11.5 Å². The summed E-state index contributed by atoms with van der Waals surface area (Å²) in [5.74, 6) is 0.362. The molecule has 0 aliphatic carbocycles. The lowest BCUT2D eigenvalue weighted by molar-refractivity contribution is 0.0601. The monoisotopic (exact) mass is 262 g/mol. The van der Waals surface area contributed by atoms with Crippen LogP contribution in [-0.2, 0) is 4.74 Å². The molecule has 0 bridgehead atoms. The third kappa shape index (κ3) is 3.26. The van der Waals surface area contributed by atoms with Gasteiger partial charge in [0, 0.05) is 13.1 Å². The predicted molar refractivity (Wildman–Crippen MR) is 76.4 cm³/mol. The molecule has 19 heavy (non-hydrogen) atoms. The molecule has 0 amide bonds. The minimum atomic E-state index is -0.267. The van der Waals surface area contributed by atoms with E-state index in [2.05, 4.69) is 4.90 Å². The van der Waals surface area contributed by atoms with Gasteiger partial charge >= 0.3 is 5.97 Å². The van der Waals surface area contributed by atoms with Crippen LogP contribution in [0, 0.1) is 5.92 Å². The number of carbonyl (C=O) groups is 1. The molecule has 0 radical (unpaired) electrons. The first-order chi connectivity index (χ1) is 9.26. The lowest BCUT2D eigenvalue weighted by Gasteiger charge is -2.35. The summed E-state index contributed by atoms with van der Waals surface area (Å²) in [7, 11) is 1.42. The van der Waals surface area contributed by atoms with Crippen LogP contribution in [0.25, 0.3) is 0 Å². The molecule has 1 aliphatic rings. The minimum absolute atomic E-state index is 0.267. The third-order valence-corrected chi connectivity index (χ3v) is 3.74. The van der Waals surface area contributed by atoms with Crippen molar-refractivity contribution in [3.8, 4) is 0 Å². The molecule has 1 aliphatic heterocycles. The fourth-order valence-corrected chi connectivity index (χ4v) is 2.79. The van der Waals surface area contributed by atoms with Gasteiger partial charge in [0.25, 0.3) is 0 Å². The van der Waals surface area contributed by atoms with Crippen molar-refractivity contribution in [1.29, 1.82) is 0 Å². The van der Waals surface area contributed by atoms with E-state index in [0.717, 1.165) is 38.2 Å². The van der Waals surface area contributed by atoms with Crippen molar-refractivity contribution in [3.05, 3.63) is 29.8 Å². The molecule has 1 aromatic carbocycles. The number of para-hydroxylation sites is 1. The van der Waals surface area contributed by atoms with Crippen molar-refractivity contribution in [2.45, 2.75) is 19.3 Å². The fraction of sp³-hybridized carbons (Fsp3) is 0.533. The van der Waals surface area contributed by atoms with Crippen molar-refractivity contribution in [3.63, 3.8) is 0 Å². The van der Waals surface area contributed by atoms with E-state index in [1.54, 1.807) is 0 Å². The number of esters is 1. The first kappa shape index (κ1) is 13.9. The van der Waals surface area contributed by atoms with Gasteiger partial charge in [-0.2, -0.15) is 0 Å². The van der Waals surface area contributed by atoms with Crippen LogP contribution in [-0.4, -0.2) is 32.7 Å². The van der Waals surface area contributed by atoms with Crippen LogP contribution in [0.3, 0.4) is 0 Å².